The first kappa shape index (κ1) is 15.9. The minimum Gasteiger partial charge on any atom is -0.362 e. The van der Waals surface area contributed by atoms with Crippen LogP contribution in [0.4, 0.5) is 5.82 Å². The second-order valence-electron chi connectivity index (χ2n) is 5.67. The molecule has 0 aliphatic heterocycles. The maximum Gasteiger partial charge on any atom is 0.245 e. The average molecular weight is 353 g/mol. The van der Waals surface area contributed by atoms with Crippen molar-refractivity contribution in [3.63, 3.8) is 0 Å². The summed E-state index contributed by atoms with van der Waals surface area (Å²) in [5.41, 5.74) is 7.32. The highest BCUT2D eigenvalue weighted by atomic mass is 35.5. The molecular formula is C14H14Cl2N6O. The number of halogens is 2. The van der Waals surface area contributed by atoms with Crippen molar-refractivity contribution in [2.75, 3.05) is 11.9 Å². The fourth-order valence-corrected chi connectivity index (χ4v) is 2.24. The molecule has 0 atom stereocenters. The smallest absolute Gasteiger partial charge is 0.245 e. The third kappa shape index (κ3) is 3.21. The summed E-state index contributed by atoms with van der Waals surface area (Å²) >= 11 is 12.1. The minimum absolute atomic E-state index is 0.308. The molecule has 9 heteroatoms. The molecule has 0 amide bonds. The summed E-state index contributed by atoms with van der Waals surface area (Å²) in [6.07, 6.45) is 0. The zero-order valence-corrected chi connectivity index (χ0v) is 14.0. The monoisotopic (exact) mass is 352 g/mol. The van der Waals surface area contributed by atoms with Crippen LogP contribution in [0.2, 0.25) is 10.0 Å². The maximum atomic E-state index is 6.11. The molecule has 0 spiro atoms. The Morgan fingerprint density at radius 3 is 2.48 bits per heavy atom. The normalized spacial score (nSPS) is 11.9. The predicted molar refractivity (Wildman–Crippen MR) is 89.6 cm³/mol. The van der Waals surface area contributed by atoms with E-state index in [2.05, 4.69) is 30.2 Å². The highest BCUT2D eigenvalue weighted by molar-refractivity contribution is 6.42. The molecule has 23 heavy (non-hydrogen) atoms. The summed E-state index contributed by atoms with van der Waals surface area (Å²) in [6, 6.07) is 5.22. The van der Waals surface area contributed by atoms with Gasteiger partial charge in [-0.1, -0.05) is 29.3 Å². The zero-order valence-electron chi connectivity index (χ0n) is 12.5. The van der Waals surface area contributed by atoms with Crippen LogP contribution < -0.4 is 11.1 Å². The molecule has 0 saturated heterocycles. The molecule has 0 aliphatic carbocycles. The van der Waals surface area contributed by atoms with Gasteiger partial charge in [0.15, 0.2) is 5.82 Å². The Labute approximate surface area is 142 Å². The fraction of sp³-hybridized carbons (Fsp3) is 0.286. The van der Waals surface area contributed by atoms with Crippen molar-refractivity contribution >= 4 is 40.3 Å². The van der Waals surface area contributed by atoms with Gasteiger partial charge in [-0.05, 0) is 36.3 Å². The summed E-state index contributed by atoms with van der Waals surface area (Å²) < 4.78 is 4.69. The van der Waals surface area contributed by atoms with Crippen LogP contribution in [0.1, 0.15) is 13.8 Å². The lowest BCUT2D eigenvalue weighted by atomic mass is 10.1. The quantitative estimate of drug-likeness (QED) is 0.743. The lowest BCUT2D eigenvalue weighted by molar-refractivity contribution is 0.314. The third-order valence-electron chi connectivity index (χ3n) is 3.27. The first-order valence-corrected chi connectivity index (χ1v) is 7.59. The van der Waals surface area contributed by atoms with Gasteiger partial charge < -0.3 is 11.1 Å². The highest BCUT2D eigenvalue weighted by Gasteiger charge is 2.21. The van der Waals surface area contributed by atoms with Crippen molar-refractivity contribution in [1.82, 2.24) is 20.3 Å². The standard InChI is InChI=1S/C14H14Cl2N6O/c1-14(2,6-17)20-11-10(7-3-4-8(15)9(16)5-7)18-12-13(19-11)22-23-21-12/h3-5H,6,17H2,1-2H3,(H,19,20,22). The summed E-state index contributed by atoms with van der Waals surface area (Å²) in [7, 11) is 0. The number of fused-ring (bicyclic) bond motifs is 1. The molecule has 3 aromatic rings. The maximum absolute atomic E-state index is 6.11. The van der Waals surface area contributed by atoms with Crippen LogP contribution in [0, 0.1) is 0 Å². The molecule has 0 unspecified atom stereocenters. The number of hydrogen-bond donors (Lipinski definition) is 2. The zero-order chi connectivity index (χ0) is 16.6. The Morgan fingerprint density at radius 1 is 1.13 bits per heavy atom. The topological polar surface area (TPSA) is 103 Å². The molecule has 120 valence electrons. The van der Waals surface area contributed by atoms with Gasteiger partial charge >= 0.3 is 0 Å². The van der Waals surface area contributed by atoms with Crippen LogP contribution in [-0.2, 0) is 0 Å². The molecule has 0 fully saturated rings. The van der Waals surface area contributed by atoms with E-state index in [1.165, 1.54) is 0 Å². The van der Waals surface area contributed by atoms with Crippen LogP contribution >= 0.6 is 23.2 Å². The highest BCUT2D eigenvalue weighted by Crippen LogP contribution is 2.32. The second-order valence-corrected chi connectivity index (χ2v) is 6.49. The van der Waals surface area contributed by atoms with E-state index in [1.54, 1.807) is 18.2 Å². The second kappa shape index (κ2) is 5.92. The van der Waals surface area contributed by atoms with Crippen molar-refractivity contribution in [2.45, 2.75) is 19.4 Å². The molecule has 2 heterocycles. The Hall–Kier alpha value is -1.96. The van der Waals surface area contributed by atoms with Crippen LogP contribution in [0.3, 0.4) is 0 Å². The van der Waals surface area contributed by atoms with Gasteiger partial charge in [-0.3, -0.25) is 0 Å². The van der Waals surface area contributed by atoms with Crippen LogP contribution in [0.5, 0.6) is 0 Å². The van der Waals surface area contributed by atoms with Crippen molar-refractivity contribution in [2.24, 2.45) is 5.73 Å². The van der Waals surface area contributed by atoms with E-state index in [9.17, 15) is 0 Å². The predicted octanol–water partition coefficient (Wildman–Crippen LogP) is 3.14. The summed E-state index contributed by atoms with van der Waals surface area (Å²) in [6.45, 7) is 4.32. The first-order valence-electron chi connectivity index (χ1n) is 6.83. The van der Waals surface area contributed by atoms with E-state index in [1.807, 2.05) is 13.8 Å². The summed E-state index contributed by atoms with van der Waals surface area (Å²) in [5, 5.41) is 11.6. The van der Waals surface area contributed by atoms with E-state index in [0.29, 0.717) is 39.4 Å². The SMILES string of the molecule is CC(C)(CN)Nc1nc2nonc2nc1-c1ccc(Cl)c(Cl)c1. The van der Waals surface area contributed by atoms with Gasteiger partial charge in [0.2, 0.25) is 11.3 Å². The largest absolute Gasteiger partial charge is 0.362 e. The van der Waals surface area contributed by atoms with Gasteiger partial charge in [0.05, 0.1) is 10.0 Å². The Bertz CT molecular complexity index is 864. The van der Waals surface area contributed by atoms with Crippen LogP contribution in [0.25, 0.3) is 22.6 Å². The molecule has 2 aromatic heterocycles. The lowest BCUT2D eigenvalue weighted by Gasteiger charge is -2.25. The number of nitrogens with zero attached hydrogens (tertiary/aromatic N) is 4. The number of hydrogen-bond acceptors (Lipinski definition) is 7. The van der Waals surface area contributed by atoms with Gasteiger partial charge in [-0.15, -0.1) is 0 Å². The Balaban J connectivity index is 2.18. The van der Waals surface area contributed by atoms with Crippen molar-refractivity contribution in [1.29, 1.82) is 0 Å². The molecule has 0 radical (unpaired) electrons. The van der Waals surface area contributed by atoms with Crippen LogP contribution in [0.15, 0.2) is 22.8 Å². The van der Waals surface area contributed by atoms with E-state index < -0.39 is 0 Å². The van der Waals surface area contributed by atoms with Gasteiger partial charge in [0.25, 0.3) is 0 Å². The summed E-state index contributed by atoms with van der Waals surface area (Å²) in [5.74, 6) is 0.516. The van der Waals surface area contributed by atoms with Crippen molar-refractivity contribution in [3.8, 4) is 11.3 Å². The van der Waals surface area contributed by atoms with Gasteiger partial charge in [0.1, 0.15) is 5.69 Å². The molecule has 0 aliphatic rings. The number of nitrogens with one attached hydrogen (secondary N) is 1. The molecule has 0 bridgehead atoms. The van der Waals surface area contributed by atoms with Crippen molar-refractivity contribution < 1.29 is 4.63 Å². The first-order chi connectivity index (χ1) is 10.9. The number of benzene rings is 1. The fourth-order valence-electron chi connectivity index (χ4n) is 1.94. The number of anilines is 1. The molecular weight excluding hydrogens is 339 g/mol. The third-order valence-corrected chi connectivity index (χ3v) is 4.01. The van der Waals surface area contributed by atoms with E-state index >= 15 is 0 Å². The lowest BCUT2D eigenvalue weighted by Crippen LogP contribution is -2.39. The number of aromatic nitrogens is 4. The van der Waals surface area contributed by atoms with Gasteiger partial charge in [-0.25, -0.2) is 14.6 Å². The van der Waals surface area contributed by atoms with Crippen LogP contribution in [-0.4, -0.2) is 32.4 Å². The molecule has 0 saturated carbocycles. The average Bonchev–Trinajstić information content (AvgIpc) is 2.96. The van der Waals surface area contributed by atoms with E-state index in [-0.39, 0.29) is 5.54 Å². The number of rotatable bonds is 4. The van der Waals surface area contributed by atoms with Gasteiger partial charge in [-0.2, -0.15) is 0 Å². The van der Waals surface area contributed by atoms with Crippen molar-refractivity contribution in [3.05, 3.63) is 28.2 Å². The summed E-state index contributed by atoms with van der Waals surface area (Å²) in [4.78, 5) is 8.88. The molecule has 7 nitrogen and oxygen atoms in total. The molecule has 1 aromatic carbocycles. The molecule has 3 rings (SSSR count). The number of nitrogens with two attached hydrogens (primary N) is 1. The Morgan fingerprint density at radius 2 is 1.83 bits per heavy atom. The van der Waals surface area contributed by atoms with Gasteiger partial charge in [0, 0.05) is 17.6 Å². The van der Waals surface area contributed by atoms with E-state index in [4.69, 9.17) is 28.9 Å². The van der Waals surface area contributed by atoms with E-state index in [0.717, 1.165) is 5.56 Å². The molecule has 3 N–H and O–H groups in total. The minimum atomic E-state index is -0.384. The Kier molecular flexibility index (Phi) is 4.09.